The molecule has 1 aromatic carbocycles. The molecule has 0 aliphatic heterocycles. The van der Waals surface area contributed by atoms with Crippen LogP contribution in [0, 0.1) is 5.92 Å². The van der Waals surface area contributed by atoms with Crippen molar-refractivity contribution in [1.29, 1.82) is 0 Å². The van der Waals surface area contributed by atoms with E-state index in [0.717, 1.165) is 18.9 Å². The van der Waals surface area contributed by atoms with Crippen molar-refractivity contribution >= 4 is 23.3 Å². The van der Waals surface area contributed by atoms with Crippen molar-refractivity contribution < 1.29 is 19.1 Å². The molecule has 2 aromatic rings. The van der Waals surface area contributed by atoms with Gasteiger partial charge in [0.2, 0.25) is 5.91 Å². The minimum Gasteiger partial charge on any atom is -0.497 e. The van der Waals surface area contributed by atoms with E-state index in [2.05, 4.69) is 34.4 Å². The fourth-order valence-electron chi connectivity index (χ4n) is 3.11. The number of pyridine rings is 1. The lowest BCUT2D eigenvalue weighted by Gasteiger charge is -2.23. The molecule has 0 radical (unpaired) electrons. The van der Waals surface area contributed by atoms with Crippen molar-refractivity contribution in [2.45, 2.75) is 33.7 Å². The standard InChI is InChI=1S/C23H32N4O4/c1-7-27(8-2)20-10-9-17(14-24-20)25-23(29)21(15(3)4)26-22(28)16-11-18(30-5)13-19(12-16)31-6/h9-15,21H,7-8H2,1-6H3,(H,25,29)(H,26,28). The van der Waals surface area contributed by atoms with Gasteiger partial charge in [0.25, 0.3) is 5.91 Å². The van der Waals surface area contributed by atoms with Crippen molar-refractivity contribution in [3.63, 3.8) is 0 Å². The Labute approximate surface area is 183 Å². The van der Waals surface area contributed by atoms with E-state index in [0.29, 0.717) is 22.7 Å². The van der Waals surface area contributed by atoms with Crippen LogP contribution in [0.1, 0.15) is 38.1 Å². The Morgan fingerprint density at radius 3 is 2.10 bits per heavy atom. The van der Waals surface area contributed by atoms with Crippen LogP contribution in [0.15, 0.2) is 36.5 Å². The third-order valence-electron chi connectivity index (χ3n) is 4.95. The maximum Gasteiger partial charge on any atom is 0.252 e. The highest BCUT2D eigenvalue weighted by Gasteiger charge is 2.25. The number of rotatable bonds is 10. The first-order valence-electron chi connectivity index (χ1n) is 10.4. The predicted molar refractivity (Wildman–Crippen MR) is 122 cm³/mol. The van der Waals surface area contributed by atoms with Crippen molar-refractivity contribution in [2.24, 2.45) is 5.92 Å². The molecule has 0 bridgehead atoms. The summed E-state index contributed by atoms with van der Waals surface area (Å²) in [5.74, 6) is 1.02. The monoisotopic (exact) mass is 428 g/mol. The summed E-state index contributed by atoms with van der Waals surface area (Å²) in [4.78, 5) is 32.2. The summed E-state index contributed by atoms with van der Waals surface area (Å²) in [5, 5.41) is 5.66. The molecule has 8 heteroatoms. The van der Waals surface area contributed by atoms with Crippen LogP contribution >= 0.6 is 0 Å². The van der Waals surface area contributed by atoms with Crippen molar-refractivity contribution in [3.8, 4) is 11.5 Å². The molecular weight excluding hydrogens is 396 g/mol. The summed E-state index contributed by atoms with van der Waals surface area (Å²) < 4.78 is 10.4. The highest BCUT2D eigenvalue weighted by molar-refractivity contribution is 6.01. The molecule has 2 amide bonds. The van der Waals surface area contributed by atoms with Gasteiger partial charge in [0.05, 0.1) is 26.1 Å². The molecule has 0 saturated heterocycles. The lowest BCUT2D eigenvalue weighted by molar-refractivity contribution is -0.118. The second kappa shape index (κ2) is 11.2. The Morgan fingerprint density at radius 2 is 1.65 bits per heavy atom. The minimum atomic E-state index is -0.729. The van der Waals surface area contributed by atoms with Crippen LogP contribution in [0.25, 0.3) is 0 Å². The number of carbonyl (C=O) groups excluding carboxylic acids is 2. The molecule has 1 aromatic heterocycles. The number of ether oxygens (including phenoxy) is 2. The Morgan fingerprint density at radius 1 is 1.03 bits per heavy atom. The largest absolute Gasteiger partial charge is 0.497 e. The van der Waals surface area contributed by atoms with Gasteiger partial charge in [0.15, 0.2) is 0 Å². The maximum absolute atomic E-state index is 12.9. The molecule has 1 atom stereocenters. The second-order valence-corrected chi connectivity index (χ2v) is 7.36. The van der Waals surface area contributed by atoms with Gasteiger partial charge in [-0.05, 0) is 44.0 Å². The SMILES string of the molecule is CCN(CC)c1ccc(NC(=O)C(NC(=O)c2cc(OC)cc(OC)c2)C(C)C)cn1. The van der Waals surface area contributed by atoms with E-state index in [1.165, 1.54) is 14.2 Å². The highest BCUT2D eigenvalue weighted by atomic mass is 16.5. The predicted octanol–water partition coefficient (Wildman–Crippen LogP) is 3.34. The topological polar surface area (TPSA) is 92.8 Å². The number of amides is 2. The van der Waals surface area contributed by atoms with E-state index in [4.69, 9.17) is 9.47 Å². The van der Waals surface area contributed by atoms with Gasteiger partial charge in [-0.2, -0.15) is 0 Å². The van der Waals surface area contributed by atoms with Gasteiger partial charge in [-0.25, -0.2) is 4.98 Å². The van der Waals surface area contributed by atoms with Crippen molar-refractivity contribution in [2.75, 3.05) is 37.5 Å². The molecule has 0 spiro atoms. The molecule has 31 heavy (non-hydrogen) atoms. The van der Waals surface area contributed by atoms with E-state index in [1.54, 1.807) is 24.4 Å². The van der Waals surface area contributed by atoms with E-state index < -0.39 is 6.04 Å². The van der Waals surface area contributed by atoms with E-state index in [-0.39, 0.29) is 17.7 Å². The molecule has 0 aliphatic carbocycles. The third-order valence-corrected chi connectivity index (χ3v) is 4.95. The number of nitrogens with one attached hydrogen (secondary N) is 2. The molecule has 0 fully saturated rings. The lowest BCUT2D eigenvalue weighted by Crippen LogP contribution is -2.47. The highest BCUT2D eigenvalue weighted by Crippen LogP contribution is 2.23. The normalized spacial score (nSPS) is 11.6. The summed E-state index contributed by atoms with van der Waals surface area (Å²) >= 11 is 0. The fourth-order valence-corrected chi connectivity index (χ4v) is 3.11. The van der Waals surface area contributed by atoms with Crippen LogP contribution in [0.2, 0.25) is 0 Å². The Balaban J connectivity index is 2.13. The number of carbonyl (C=O) groups is 2. The van der Waals surface area contributed by atoms with Gasteiger partial charge < -0.3 is 25.0 Å². The first-order chi connectivity index (χ1) is 14.8. The third kappa shape index (κ3) is 6.34. The number of anilines is 2. The summed E-state index contributed by atoms with van der Waals surface area (Å²) in [6, 6.07) is 7.83. The Bertz CT molecular complexity index is 857. The lowest BCUT2D eigenvalue weighted by atomic mass is 10.0. The van der Waals surface area contributed by atoms with Gasteiger partial charge in [-0.15, -0.1) is 0 Å². The molecule has 168 valence electrons. The Kier molecular flexibility index (Phi) is 8.66. The van der Waals surface area contributed by atoms with Gasteiger partial charge in [0.1, 0.15) is 23.4 Å². The molecule has 2 N–H and O–H groups in total. The van der Waals surface area contributed by atoms with Gasteiger partial charge in [-0.3, -0.25) is 9.59 Å². The zero-order chi connectivity index (χ0) is 23.0. The molecule has 0 saturated carbocycles. The van der Waals surface area contributed by atoms with Crippen LogP contribution in [-0.4, -0.2) is 50.1 Å². The molecule has 2 rings (SSSR count). The smallest absolute Gasteiger partial charge is 0.252 e. The van der Waals surface area contributed by atoms with Crippen LogP contribution in [0.5, 0.6) is 11.5 Å². The maximum atomic E-state index is 12.9. The number of nitrogens with zero attached hydrogens (tertiary/aromatic N) is 2. The van der Waals surface area contributed by atoms with E-state index in [1.807, 2.05) is 26.0 Å². The number of aromatic nitrogens is 1. The van der Waals surface area contributed by atoms with Gasteiger partial charge in [0, 0.05) is 24.7 Å². The first kappa shape index (κ1) is 24.0. The van der Waals surface area contributed by atoms with Crippen molar-refractivity contribution in [3.05, 3.63) is 42.1 Å². The summed E-state index contributed by atoms with van der Waals surface area (Å²) in [6.07, 6.45) is 1.62. The fraction of sp³-hybridized carbons (Fsp3) is 0.435. The quantitative estimate of drug-likeness (QED) is 0.603. The minimum absolute atomic E-state index is 0.126. The second-order valence-electron chi connectivity index (χ2n) is 7.36. The van der Waals surface area contributed by atoms with E-state index >= 15 is 0 Å². The number of hydrogen-bond acceptors (Lipinski definition) is 6. The summed E-state index contributed by atoms with van der Waals surface area (Å²) in [6.45, 7) is 9.58. The Hall–Kier alpha value is -3.29. The first-order valence-corrected chi connectivity index (χ1v) is 10.4. The zero-order valence-corrected chi connectivity index (χ0v) is 19.1. The van der Waals surface area contributed by atoms with Crippen LogP contribution < -0.4 is 25.0 Å². The number of methoxy groups -OCH3 is 2. The average molecular weight is 429 g/mol. The number of benzene rings is 1. The van der Waals surface area contributed by atoms with Crippen LogP contribution in [0.4, 0.5) is 11.5 Å². The molecule has 0 aliphatic rings. The molecule has 8 nitrogen and oxygen atoms in total. The van der Waals surface area contributed by atoms with E-state index in [9.17, 15) is 9.59 Å². The van der Waals surface area contributed by atoms with Crippen molar-refractivity contribution in [1.82, 2.24) is 10.3 Å². The molecule has 1 unspecified atom stereocenters. The van der Waals surface area contributed by atoms with Gasteiger partial charge in [-0.1, -0.05) is 13.8 Å². The number of hydrogen-bond donors (Lipinski definition) is 2. The van der Waals surface area contributed by atoms with Crippen LogP contribution in [-0.2, 0) is 4.79 Å². The molecule has 1 heterocycles. The summed E-state index contributed by atoms with van der Waals surface area (Å²) in [5.41, 5.74) is 0.920. The van der Waals surface area contributed by atoms with Crippen LogP contribution in [0.3, 0.4) is 0 Å². The zero-order valence-electron chi connectivity index (χ0n) is 19.1. The summed E-state index contributed by atoms with van der Waals surface area (Å²) in [7, 11) is 3.03. The molecular formula is C23H32N4O4. The van der Waals surface area contributed by atoms with Gasteiger partial charge >= 0.3 is 0 Å². The average Bonchev–Trinajstić information content (AvgIpc) is 2.78.